The van der Waals surface area contributed by atoms with Gasteiger partial charge in [0.1, 0.15) is 17.7 Å². The lowest BCUT2D eigenvalue weighted by molar-refractivity contribution is 0.0946. The molecule has 0 atom stereocenters. The summed E-state index contributed by atoms with van der Waals surface area (Å²) >= 11 is 0. The van der Waals surface area contributed by atoms with Gasteiger partial charge in [-0.15, -0.1) is 0 Å². The topological polar surface area (TPSA) is 83.8 Å². The van der Waals surface area contributed by atoms with Gasteiger partial charge in [0.15, 0.2) is 11.6 Å². The van der Waals surface area contributed by atoms with E-state index in [9.17, 15) is 13.6 Å². The zero-order chi connectivity index (χ0) is 19.5. The van der Waals surface area contributed by atoms with Crippen molar-refractivity contribution in [2.75, 3.05) is 0 Å². The monoisotopic (exact) mass is 380 g/mol. The molecule has 6 nitrogen and oxygen atoms in total. The smallest absolute Gasteiger partial charge is 0.267 e. The van der Waals surface area contributed by atoms with Gasteiger partial charge in [-0.2, -0.15) is 0 Å². The maximum absolute atomic E-state index is 13.6. The molecule has 4 aromatic rings. The van der Waals surface area contributed by atoms with Crippen LogP contribution in [0.25, 0.3) is 22.4 Å². The number of rotatable bonds is 5. The summed E-state index contributed by atoms with van der Waals surface area (Å²) in [6.45, 7) is 0.361. The van der Waals surface area contributed by atoms with E-state index >= 15 is 0 Å². The second kappa shape index (κ2) is 7.43. The van der Waals surface area contributed by atoms with Gasteiger partial charge in [0.25, 0.3) is 5.91 Å². The van der Waals surface area contributed by atoms with Crippen molar-refractivity contribution >= 4 is 5.91 Å². The molecule has 28 heavy (non-hydrogen) atoms. The maximum Gasteiger partial charge on any atom is 0.267 e. The minimum absolute atomic E-state index is 0.291. The molecule has 0 spiro atoms. The minimum atomic E-state index is -0.963. The van der Waals surface area contributed by atoms with E-state index in [1.54, 1.807) is 24.7 Å². The van der Waals surface area contributed by atoms with Gasteiger partial charge in [-0.05, 0) is 41.5 Å². The number of benzene rings is 1. The third-order valence-electron chi connectivity index (χ3n) is 4.20. The second-order valence-corrected chi connectivity index (χ2v) is 6.05. The fourth-order valence-electron chi connectivity index (χ4n) is 2.75. The number of aromatic nitrogens is 3. The van der Waals surface area contributed by atoms with E-state index in [0.717, 1.165) is 17.7 Å². The summed E-state index contributed by atoms with van der Waals surface area (Å²) < 4.78 is 31.7. The van der Waals surface area contributed by atoms with Crippen molar-refractivity contribution in [3.8, 4) is 22.4 Å². The van der Waals surface area contributed by atoms with Crippen LogP contribution in [0.3, 0.4) is 0 Å². The Kier molecular flexibility index (Phi) is 4.67. The fourth-order valence-corrected chi connectivity index (χ4v) is 2.75. The largest absolute Gasteiger partial charge is 0.363 e. The van der Waals surface area contributed by atoms with E-state index in [1.807, 2.05) is 12.1 Å². The highest BCUT2D eigenvalue weighted by molar-refractivity contribution is 5.94. The highest BCUT2D eigenvalue weighted by Crippen LogP contribution is 2.32. The van der Waals surface area contributed by atoms with E-state index in [-0.39, 0.29) is 5.91 Å². The van der Waals surface area contributed by atoms with Crippen molar-refractivity contribution < 1.29 is 18.1 Å². The minimum Gasteiger partial charge on any atom is -0.363 e. The summed E-state index contributed by atoms with van der Waals surface area (Å²) in [5.74, 6) is -2.19. The highest BCUT2D eigenvalue weighted by atomic mass is 19.2. The Labute approximate surface area is 158 Å². The lowest BCUT2D eigenvalue weighted by Crippen LogP contribution is -2.22. The second-order valence-electron chi connectivity index (χ2n) is 6.05. The molecule has 0 fully saturated rings. The molecule has 0 aliphatic carbocycles. The van der Waals surface area contributed by atoms with Crippen LogP contribution in [0.5, 0.6) is 0 Å². The number of halogens is 2. The van der Waals surface area contributed by atoms with Crippen LogP contribution < -0.4 is 5.32 Å². The molecule has 0 aliphatic heterocycles. The molecule has 0 unspecified atom stereocenters. The summed E-state index contributed by atoms with van der Waals surface area (Å²) in [4.78, 5) is 19.2. The van der Waals surface area contributed by atoms with E-state index in [1.165, 1.54) is 12.3 Å². The van der Waals surface area contributed by atoms with E-state index in [0.29, 0.717) is 34.6 Å². The Morgan fingerprint density at radius 3 is 2.68 bits per heavy atom. The van der Waals surface area contributed by atoms with Gasteiger partial charge in [-0.1, -0.05) is 11.2 Å². The molecule has 0 aliphatic rings. The molecule has 2 N–H and O–H groups in total. The van der Waals surface area contributed by atoms with Crippen molar-refractivity contribution in [2.45, 2.75) is 6.54 Å². The average molecular weight is 380 g/mol. The normalized spacial score (nSPS) is 10.8. The SMILES string of the molecule is O=C(NCc1ccncc1)c1cc(-c2nocc2-c2ccc(F)c(F)c2)c[nH]1. The molecule has 4 rings (SSSR count). The van der Waals surface area contributed by atoms with Gasteiger partial charge in [0.05, 0.1) is 0 Å². The number of hydrogen-bond donors (Lipinski definition) is 2. The summed E-state index contributed by atoms with van der Waals surface area (Å²) in [5.41, 5.74) is 3.16. The van der Waals surface area contributed by atoms with Crippen LogP contribution >= 0.6 is 0 Å². The van der Waals surface area contributed by atoms with Crippen LogP contribution in [0.2, 0.25) is 0 Å². The summed E-state index contributed by atoms with van der Waals surface area (Å²) in [6.07, 6.45) is 6.25. The number of amides is 1. The Morgan fingerprint density at radius 1 is 1.07 bits per heavy atom. The van der Waals surface area contributed by atoms with Crippen molar-refractivity contribution in [1.29, 1.82) is 0 Å². The van der Waals surface area contributed by atoms with E-state index in [2.05, 4.69) is 20.4 Å². The fraction of sp³-hybridized carbons (Fsp3) is 0.0500. The Hall–Kier alpha value is -3.81. The summed E-state index contributed by atoms with van der Waals surface area (Å²) in [5, 5.41) is 6.73. The van der Waals surface area contributed by atoms with Gasteiger partial charge < -0.3 is 14.8 Å². The Bertz CT molecular complexity index is 1120. The Balaban J connectivity index is 1.54. The molecular formula is C20H14F2N4O2. The van der Waals surface area contributed by atoms with Crippen molar-refractivity contribution in [1.82, 2.24) is 20.4 Å². The van der Waals surface area contributed by atoms with Crippen molar-refractivity contribution in [2.24, 2.45) is 0 Å². The molecule has 1 aromatic carbocycles. The van der Waals surface area contributed by atoms with Crippen LogP contribution in [0, 0.1) is 11.6 Å². The lowest BCUT2D eigenvalue weighted by atomic mass is 10.0. The van der Waals surface area contributed by atoms with Crippen molar-refractivity contribution in [3.63, 3.8) is 0 Å². The van der Waals surface area contributed by atoms with E-state index in [4.69, 9.17) is 4.52 Å². The predicted octanol–water partition coefficient (Wildman–Crippen LogP) is 3.94. The molecule has 0 bridgehead atoms. The molecule has 0 saturated heterocycles. The molecular weight excluding hydrogens is 366 g/mol. The van der Waals surface area contributed by atoms with Gasteiger partial charge in [0, 0.05) is 36.3 Å². The zero-order valence-electron chi connectivity index (χ0n) is 14.4. The van der Waals surface area contributed by atoms with Crippen LogP contribution in [-0.4, -0.2) is 21.0 Å². The van der Waals surface area contributed by atoms with E-state index < -0.39 is 11.6 Å². The number of pyridine rings is 1. The molecule has 0 radical (unpaired) electrons. The van der Waals surface area contributed by atoms with Crippen molar-refractivity contribution in [3.05, 3.63) is 84.1 Å². The first-order valence-electron chi connectivity index (χ1n) is 8.37. The number of aromatic amines is 1. The molecule has 0 saturated carbocycles. The molecule has 1 amide bonds. The standard InChI is InChI=1S/C20H14F2N4O2/c21-16-2-1-13(7-17(16)22)15-11-28-26-19(15)14-8-18(24-10-14)20(27)25-9-12-3-5-23-6-4-12/h1-8,10-11,24H,9H2,(H,25,27). The number of carbonyl (C=O) groups excluding carboxylic acids is 1. The molecule has 8 heteroatoms. The van der Waals surface area contributed by atoms with Gasteiger partial charge in [-0.3, -0.25) is 9.78 Å². The average Bonchev–Trinajstić information content (AvgIpc) is 3.38. The molecule has 140 valence electrons. The lowest BCUT2D eigenvalue weighted by Gasteiger charge is -2.03. The molecule has 3 aromatic heterocycles. The maximum atomic E-state index is 13.6. The first-order chi connectivity index (χ1) is 13.6. The number of carbonyl (C=O) groups is 1. The number of nitrogens with one attached hydrogen (secondary N) is 2. The third kappa shape index (κ3) is 3.52. The van der Waals surface area contributed by atoms with Gasteiger partial charge >= 0.3 is 0 Å². The first-order valence-corrected chi connectivity index (χ1v) is 8.37. The number of H-pyrrole nitrogens is 1. The Morgan fingerprint density at radius 2 is 1.89 bits per heavy atom. The van der Waals surface area contributed by atoms with Crippen LogP contribution in [0.1, 0.15) is 16.1 Å². The van der Waals surface area contributed by atoms with Crippen LogP contribution in [0.15, 0.2) is 65.8 Å². The summed E-state index contributed by atoms with van der Waals surface area (Å²) in [6, 6.07) is 8.78. The number of nitrogens with zero attached hydrogens (tertiary/aromatic N) is 2. The van der Waals surface area contributed by atoms with Gasteiger partial charge in [0.2, 0.25) is 0 Å². The first kappa shape index (κ1) is 17.6. The zero-order valence-corrected chi connectivity index (χ0v) is 14.4. The highest BCUT2D eigenvalue weighted by Gasteiger charge is 2.17. The molecule has 3 heterocycles. The predicted molar refractivity (Wildman–Crippen MR) is 97.0 cm³/mol. The van der Waals surface area contributed by atoms with Gasteiger partial charge in [-0.25, -0.2) is 8.78 Å². The number of hydrogen-bond acceptors (Lipinski definition) is 4. The van der Waals surface area contributed by atoms with Crippen LogP contribution in [0.4, 0.5) is 8.78 Å². The quantitative estimate of drug-likeness (QED) is 0.549. The summed E-state index contributed by atoms with van der Waals surface area (Å²) in [7, 11) is 0. The van der Waals surface area contributed by atoms with Crippen LogP contribution in [-0.2, 0) is 6.54 Å². The third-order valence-corrected chi connectivity index (χ3v) is 4.20.